The number of nitrogens with one attached hydrogen (secondary N) is 1. The van der Waals surface area contributed by atoms with E-state index in [0.717, 1.165) is 5.56 Å². The molecular weight excluding hydrogens is 247 g/mol. The zero-order chi connectivity index (χ0) is 13.2. The average molecular weight is 259 g/mol. The first kappa shape index (κ1) is 12.7. The van der Waals surface area contributed by atoms with E-state index >= 15 is 0 Å². The van der Waals surface area contributed by atoms with Crippen molar-refractivity contribution in [2.45, 2.75) is 25.1 Å². The van der Waals surface area contributed by atoms with E-state index in [1.54, 1.807) is 12.1 Å². The van der Waals surface area contributed by atoms with Crippen LogP contribution >= 0.6 is 0 Å². The van der Waals surface area contributed by atoms with Crippen molar-refractivity contribution >= 4 is 5.91 Å². The van der Waals surface area contributed by atoms with Crippen LogP contribution in [0.3, 0.4) is 0 Å². The highest BCUT2D eigenvalue weighted by Gasteiger charge is 2.31. The molecule has 1 aliphatic heterocycles. The van der Waals surface area contributed by atoms with Crippen LogP contribution in [-0.4, -0.2) is 18.8 Å². The minimum absolute atomic E-state index is 0.0169. The summed E-state index contributed by atoms with van der Waals surface area (Å²) in [7, 11) is 0. The molecule has 1 heterocycles. The Hall–Kier alpha value is -1.72. The Kier molecular flexibility index (Phi) is 3.45. The van der Waals surface area contributed by atoms with Crippen LogP contribution in [0.25, 0.3) is 0 Å². The maximum Gasteiger partial charge on any atom is 0.573 e. The molecule has 1 N–H and O–H groups in total. The summed E-state index contributed by atoms with van der Waals surface area (Å²) < 4.78 is 39.7. The highest BCUT2D eigenvalue weighted by Crippen LogP contribution is 2.27. The molecule has 2 rings (SSSR count). The van der Waals surface area contributed by atoms with Crippen LogP contribution in [0.4, 0.5) is 13.2 Å². The van der Waals surface area contributed by atoms with Gasteiger partial charge in [0.1, 0.15) is 5.75 Å². The summed E-state index contributed by atoms with van der Waals surface area (Å²) in [6.07, 6.45) is -3.50. The van der Waals surface area contributed by atoms with Crippen molar-refractivity contribution in [3.8, 4) is 5.75 Å². The molecule has 3 nitrogen and oxygen atoms in total. The van der Waals surface area contributed by atoms with Gasteiger partial charge in [0.2, 0.25) is 5.91 Å². The Balaban J connectivity index is 2.01. The van der Waals surface area contributed by atoms with Crippen LogP contribution in [0, 0.1) is 0 Å². The third-order valence-electron chi connectivity index (χ3n) is 2.85. The summed E-state index contributed by atoms with van der Waals surface area (Å²) in [6, 6.07) is 5.78. The molecule has 0 radical (unpaired) electrons. The summed E-state index contributed by atoms with van der Waals surface area (Å²) in [5, 5.41) is 2.73. The molecule has 1 unspecified atom stereocenters. The van der Waals surface area contributed by atoms with Crippen molar-refractivity contribution < 1.29 is 22.7 Å². The van der Waals surface area contributed by atoms with Gasteiger partial charge in [-0.15, -0.1) is 13.2 Å². The molecule has 0 bridgehead atoms. The van der Waals surface area contributed by atoms with Gasteiger partial charge in [-0.05, 0) is 24.1 Å². The molecule has 0 aromatic heterocycles. The predicted molar refractivity (Wildman–Crippen MR) is 58.1 cm³/mol. The standard InChI is InChI=1S/C12H12F3NO2/c13-12(14,15)18-10-4-1-8(2-5-10)9-3-6-11(17)16-7-9/h1-2,4-5,9H,3,6-7H2,(H,16,17). The molecule has 1 amide bonds. The first-order chi connectivity index (χ1) is 8.44. The van der Waals surface area contributed by atoms with Crippen LogP contribution in [0.5, 0.6) is 5.75 Å². The fourth-order valence-corrected chi connectivity index (χ4v) is 1.96. The molecule has 1 aliphatic rings. The number of rotatable bonds is 2. The molecule has 0 spiro atoms. The molecule has 18 heavy (non-hydrogen) atoms. The average Bonchev–Trinajstić information content (AvgIpc) is 2.29. The lowest BCUT2D eigenvalue weighted by Crippen LogP contribution is -2.33. The highest BCUT2D eigenvalue weighted by atomic mass is 19.4. The molecule has 0 saturated carbocycles. The first-order valence-corrected chi connectivity index (χ1v) is 5.56. The lowest BCUT2D eigenvalue weighted by molar-refractivity contribution is -0.274. The van der Waals surface area contributed by atoms with Crippen molar-refractivity contribution in [3.05, 3.63) is 29.8 Å². The number of piperidine rings is 1. The Bertz CT molecular complexity index is 418. The molecule has 98 valence electrons. The molecule has 0 aliphatic carbocycles. The quantitative estimate of drug-likeness (QED) is 0.886. The fraction of sp³-hybridized carbons (Fsp3) is 0.417. The van der Waals surface area contributed by atoms with Crippen molar-refractivity contribution in [1.29, 1.82) is 0 Å². The van der Waals surface area contributed by atoms with Crippen molar-refractivity contribution in [2.75, 3.05) is 6.54 Å². The van der Waals surface area contributed by atoms with Gasteiger partial charge in [-0.1, -0.05) is 12.1 Å². The molecule has 1 fully saturated rings. The maximum absolute atomic E-state index is 12.0. The van der Waals surface area contributed by atoms with Crippen molar-refractivity contribution in [3.63, 3.8) is 0 Å². The molecule has 1 saturated heterocycles. The largest absolute Gasteiger partial charge is 0.573 e. The Morgan fingerprint density at radius 3 is 2.39 bits per heavy atom. The normalized spacial score (nSPS) is 20.4. The van der Waals surface area contributed by atoms with Crippen LogP contribution < -0.4 is 10.1 Å². The van der Waals surface area contributed by atoms with Gasteiger partial charge in [-0.25, -0.2) is 0 Å². The lowest BCUT2D eigenvalue weighted by atomic mass is 9.91. The number of carbonyl (C=O) groups is 1. The van der Waals surface area contributed by atoms with E-state index in [2.05, 4.69) is 10.1 Å². The van der Waals surface area contributed by atoms with Gasteiger partial charge in [-0.2, -0.15) is 0 Å². The number of halogens is 3. The van der Waals surface area contributed by atoms with Crippen molar-refractivity contribution in [2.24, 2.45) is 0 Å². The molecule has 1 atom stereocenters. The summed E-state index contributed by atoms with van der Waals surface area (Å²) in [6.45, 7) is 0.526. The number of hydrogen-bond acceptors (Lipinski definition) is 2. The van der Waals surface area contributed by atoms with Crippen LogP contribution in [0.2, 0.25) is 0 Å². The molecule has 1 aromatic carbocycles. The second-order valence-corrected chi connectivity index (χ2v) is 4.16. The smallest absolute Gasteiger partial charge is 0.406 e. The second kappa shape index (κ2) is 4.88. The van der Waals surface area contributed by atoms with E-state index in [1.165, 1.54) is 12.1 Å². The van der Waals surface area contributed by atoms with Gasteiger partial charge in [0.25, 0.3) is 0 Å². The minimum Gasteiger partial charge on any atom is -0.406 e. The number of benzene rings is 1. The van der Waals surface area contributed by atoms with E-state index < -0.39 is 6.36 Å². The van der Waals surface area contributed by atoms with E-state index in [4.69, 9.17) is 0 Å². The maximum atomic E-state index is 12.0. The van der Waals surface area contributed by atoms with E-state index in [-0.39, 0.29) is 17.6 Å². The van der Waals surface area contributed by atoms with E-state index in [9.17, 15) is 18.0 Å². The molecular formula is C12H12F3NO2. The number of amides is 1. The zero-order valence-electron chi connectivity index (χ0n) is 9.46. The molecule has 6 heteroatoms. The zero-order valence-corrected chi connectivity index (χ0v) is 9.46. The third-order valence-corrected chi connectivity index (χ3v) is 2.85. The second-order valence-electron chi connectivity index (χ2n) is 4.16. The van der Waals surface area contributed by atoms with Gasteiger partial charge >= 0.3 is 6.36 Å². The minimum atomic E-state index is -4.67. The lowest BCUT2D eigenvalue weighted by Gasteiger charge is -2.22. The van der Waals surface area contributed by atoms with Crippen LogP contribution in [0.15, 0.2) is 24.3 Å². The predicted octanol–water partition coefficient (Wildman–Crippen LogP) is 2.58. The first-order valence-electron chi connectivity index (χ1n) is 5.56. The molecule has 1 aromatic rings. The SMILES string of the molecule is O=C1CCC(c2ccc(OC(F)(F)F)cc2)CN1. The summed E-state index contributed by atoms with van der Waals surface area (Å²) in [5.74, 6) is -0.0583. The number of carbonyl (C=O) groups excluding carboxylic acids is 1. The van der Waals surface area contributed by atoms with Gasteiger partial charge in [0, 0.05) is 18.9 Å². The Morgan fingerprint density at radius 1 is 1.22 bits per heavy atom. The topological polar surface area (TPSA) is 38.3 Å². The third kappa shape index (κ3) is 3.38. The van der Waals surface area contributed by atoms with Gasteiger partial charge in [0.05, 0.1) is 0 Å². The Labute approximate surface area is 102 Å². The summed E-state index contributed by atoms with van der Waals surface area (Å²) in [4.78, 5) is 11.0. The van der Waals surface area contributed by atoms with E-state index in [1.807, 2.05) is 0 Å². The monoisotopic (exact) mass is 259 g/mol. The van der Waals surface area contributed by atoms with Gasteiger partial charge in [-0.3, -0.25) is 4.79 Å². The Morgan fingerprint density at radius 2 is 1.89 bits per heavy atom. The van der Waals surface area contributed by atoms with Crippen LogP contribution in [0.1, 0.15) is 24.3 Å². The highest BCUT2D eigenvalue weighted by molar-refractivity contribution is 5.76. The van der Waals surface area contributed by atoms with E-state index in [0.29, 0.717) is 19.4 Å². The van der Waals surface area contributed by atoms with Crippen molar-refractivity contribution in [1.82, 2.24) is 5.32 Å². The number of hydrogen-bond donors (Lipinski definition) is 1. The summed E-state index contributed by atoms with van der Waals surface area (Å²) >= 11 is 0. The van der Waals surface area contributed by atoms with Gasteiger partial charge in [0.15, 0.2) is 0 Å². The fourth-order valence-electron chi connectivity index (χ4n) is 1.96. The summed E-state index contributed by atoms with van der Waals surface area (Å²) in [5.41, 5.74) is 0.907. The van der Waals surface area contributed by atoms with Crippen LogP contribution in [-0.2, 0) is 4.79 Å². The number of alkyl halides is 3. The van der Waals surface area contributed by atoms with Gasteiger partial charge < -0.3 is 10.1 Å². The number of ether oxygens (including phenoxy) is 1.